The summed E-state index contributed by atoms with van der Waals surface area (Å²) in [6, 6.07) is 40.6. The molecule has 1 aliphatic heterocycles. The monoisotopic (exact) mass is 662 g/mol. The average Bonchev–Trinajstić information content (AvgIpc) is 3.21. The van der Waals surface area contributed by atoms with Crippen LogP contribution in [0.3, 0.4) is 0 Å². The highest BCUT2D eigenvalue weighted by Gasteiger charge is 2.36. The van der Waals surface area contributed by atoms with Gasteiger partial charge in [0.15, 0.2) is 11.6 Å². The summed E-state index contributed by atoms with van der Waals surface area (Å²) in [7, 11) is 2.10. The van der Waals surface area contributed by atoms with Gasteiger partial charge in [-0.15, -0.1) is 0 Å². The van der Waals surface area contributed by atoms with Gasteiger partial charge in [-0.1, -0.05) is 122 Å². The van der Waals surface area contributed by atoms with E-state index in [0.29, 0.717) is 5.82 Å². The van der Waals surface area contributed by atoms with Crippen molar-refractivity contribution in [3.8, 4) is 34.2 Å². The summed E-state index contributed by atoms with van der Waals surface area (Å²) >= 11 is 0. The molecule has 0 saturated heterocycles. The van der Waals surface area contributed by atoms with Crippen molar-refractivity contribution in [2.24, 2.45) is 0 Å². The number of para-hydroxylation sites is 2. The van der Waals surface area contributed by atoms with Crippen LogP contribution in [0.15, 0.2) is 146 Å². The van der Waals surface area contributed by atoms with Crippen LogP contribution >= 0.6 is 0 Å². The van der Waals surface area contributed by atoms with E-state index < -0.39 is 0 Å². The van der Waals surface area contributed by atoms with Crippen LogP contribution in [0.25, 0.3) is 56.0 Å². The molecular formula is C45H38N6. The summed E-state index contributed by atoms with van der Waals surface area (Å²) in [4.78, 5) is 27.1. The number of fused-ring (bicyclic) bond motifs is 2. The summed E-state index contributed by atoms with van der Waals surface area (Å²) < 4.78 is 0. The molecule has 0 bridgehead atoms. The summed E-state index contributed by atoms with van der Waals surface area (Å²) in [5.74, 6) is 1.47. The molecule has 51 heavy (non-hydrogen) atoms. The molecule has 4 aromatic carbocycles. The van der Waals surface area contributed by atoms with Crippen LogP contribution in [0.2, 0.25) is 0 Å². The molecule has 0 amide bonds. The lowest BCUT2D eigenvalue weighted by molar-refractivity contribution is 0.346. The van der Waals surface area contributed by atoms with E-state index in [9.17, 15) is 0 Å². The fourth-order valence-corrected chi connectivity index (χ4v) is 8.00. The van der Waals surface area contributed by atoms with Crippen LogP contribution in [0, 0.1) is 0 Å². The molecule has 248 valence electrons. The molecule has 1 atom stereocenters. The van der Waals surface area contributed by atoms with Crippen LogP contribution in [0.5, 0.6) is 0 Å². The zero-order valence-electron chi connectivity index (χ0n) is 28.7. The van der Waals surface area contributed by atoms with E-state index in [1.165, 1.54) is 30.4 Å². The number of allylic oxidation sites excluding steroid dienone is 2. The summed E-state index contributed by atoms with van der Waals surface area (Å²) in [6.07, 6.45) is 16.2. The highest BCUT2D eigenvalue weighted by Crippen LogP contribution is 2.46. The Kier molecular flexibility index (Phi) is 7.92. The fourth-order valence-electron chi connectivity index (χ4n) is 8.00. The van der Waals surface area contributed by atoms with Gasteiger partial charge in [0, 0.05) is 40.6 Å². The van der Waals surface area contributed by atoms with Gasteiger partial charge in [-0.3, -0.25) is 4.98 Å². The first-order valence-electron chi connectivity index (χ1n) is 17.9. The molecule has 1 aliphatic carbocycles. The van der Waals surface area contributed by atoms with Crippen LogP contribution in [-0.2, 0) is 5.41 Å². The number of rotatable bonds is 6. The van der Waals surface area contributed by atoms with Crippen LogP contribution in [0.4, 0.5) is 0 Å². The van der Waals surface area contributed by atoms with E-state index in [0.717, 1.165) is 68.7 Å². The normalized spacial score (nSPS) is 16.9. The number of likely N-dealkylation sites (N-methyl/N-ethyl adjacent to an activating group) is 1. The molecule has 4 heterocycles. The predicted octanol–water partition coefficient (Wildman–Crippen LogP) is 10.3. The van der Waals surface area contributed by atoms with Gasteiger partial charge in [-0.05, 0) is 60.5 Å². The Hall–Kier alpha value is -6.01. The Bertz CT molecular complexity index is 2410. The van der Waals surface area contributed by atoms with Crippen LogP contribution < -0.4 is 0 Å². The largest absolute Gasteiger partial charge is 0.368 e. The van der Waals surface area contributed by atoms with Gasteiger partial charge in [0.2, 0.25) is 0 Å². The maximum atomic E-state index is 5.19. The molecule has 0 N–H and O–H groups in total. The van der Waals surface area contributed by atoms with E-state index in [1.54, 1.807) is 0 Å². The molecule has 6 heteroatoms. The number of hydrogen-bond acceptors (Lipinski definition) is 6. The van der Waals surface area contributed by atoms with Crippen molar-refractivity contribution >= 4 is 21.8 Å². The first-order chi connectivity index (χ1) is 25.2. The van der Waals surface area contributed by atoms with Gasteiger partial charge in [-0.25, -0.2) is 19.9 Å². The number of benzene rings is 4. The van der Waals surface area contributed by atoms with Crippen molar-refractivity contribution in [2.75, 3.05) is 7.05 Å². The standard InChI is InChI=1S/C45H38N6/c1-51-30-12-8-18-40(51)42-36-14-4-6-16-38(36)48-44(50-42)32-21-25-34(26-22-32)45(27-9-2-10-28-45)33-23-19-31(20-24-33)43-47-37-15-5-3-13-35(37)41(49-43)39-17-7-11-29-46-39/h3-8,11-26,29-30,40H,2,9-10,27-28H2,1H3. The SMILES string of the molecule is CN1C=CC=CC1c1nc(-c2ccc(C3(c4ccc(-c5nc(-c6ccccn6)c6ccccc6n5)cc4)CCCCC3)cc2)nc2ccccc12. The van der Waals surface area contributed by atoms with Crippen molar-refractivity contribution in [3.63, 3.8) is 0 Å². The van der Waals surface area contributed by atoms with Gasteiger partial charge >= 0.3 is 0 Å². The lowest BCUT2D eigenvalue weighted by atomic mass is 9.65. The van der Waals surface area contributed by atoms with Crippen molar-refractivity contribution in [1.82, 2.24) is 29.8 Å². The fraction of sp³-hybridized carbons (Fsp3) is 0.178. The Labute approximate surface area is 298 Å². The van der Waals surface area contributed by atoms with Crippen molar-refractivity contribution in [3.05, 3.63) is 163 Å². The Morgan fingerprint density at radius 1 is 0.588 bits per heavy atom. The third-order valence-corrected chi connectivity index (χ3v) is 10.7. The summed E-state index contributed by atoms with van der Waals surface area (Å²) in [5.41, 5.74) is 9.26. The number of pyridine rings is 1. The Morgan fingerprint density at radius 2 is 1.20 bits per heavy atom. The number of hydrogen-bond donors (Lipinski definition) is 0. The molecule has 6 nitrogen and oxygen atoms in total. The lowest BCUT2D eigenvalue weighted by Gasteiger charge is -2.39. The molecule has 3 aromatic heterocycles. The second kappa shape index (κ2) is 13.0. The van der Waals surface area contributed by atoms with E-state index in [2.05, 4.69) is 126 Å². The molecular weight excluding hydrogens is 625 g/mol. The van der Waals surface area contributed by atoms with Crippen molar-refractivity contribution < 1.29 is 0 Å². The zero-order chi connectivity index (χ0) is 34.2. The van der Waals surface area contributed by atoms with E-state index >= 15 is 0 Å². The molecule has 7 aromatic rings. The molecule has 1 fully saturated rings. The molecule has 1 unspecified atom stereocenters. The molecule has 0 radical (unpaired) electrons. The van der Waals surface area contributed by atoms with E-state index in [1.807, 2.05) is 36.5 Å². The minimum atomic E-state index is -0.0595. The molecule has 2 aliphatic rings. The molecule has 9 rings (SSSR count). The third-order valence-electron chi connectivity index (χ3n) is 10.7. The van der Waals surface area contributed by atoms with Gasteiger partial charge in [0.25, 0.3) is 0 Å². The quantitative estimate of drug-likeness (QED) is 0.177. The van der Waals surface area contributed by atoms with Gasteiger partial charge in [0.05, 0.1) is 28.5 Å². The number of nitrogens with zero attached hydrogens (tertiary/aromatic N) is 6. The maximum absolute atomic E-state index is 5.19. The smallest absolute Gasteiger partial charge is 0.160 e. The van der Waals surface area contributed by atoms with E-state index in [-0.39, 0.29) is 11.5 Å². The van der Waals surface area contributed by atoms with Gasteiger partial charge in [0.1, 0.15) is 5.69 Å². The maximum Gasteiger partial charge on any atom is 0.160 e. The third kappa shape index (κ3) is 5.67. The first kappa shape index (κ1) is 31.0. The molecule has 1 saturated carbocycles. The predicted molar refractivity (Wildman–Crippen MR) is 206 cm³/mol. The van der Waals surface area contributed by atoms with Gasteiger partial charge < -0.3 is 4.90 Å². The van der Waals surface area contributed by atoms with Gasteiger partial charge in [-0.2, -0.15) is 0 Å². The summed E-state index contributed by atoms with van der Waals surface area (Å²) in [5, 5.41) is 2.09. The topological polar surface area (TPSA) is 67.7 Å². The van der Waals surface area contributed by atoms with Crippen molar-refractivity contribution in [1.29, 1.82) is 0 Å². The highest BCUT2D eigenvalue weighted by atomic mass is 15.1. The van der Waals surface area contributed by atoms with Crippen LogP contribution in [0.1, 0.15) is 55.0 Å². The Balaban J connectivity index is 1.07. The minimum absolute atomic E-state index is 0.0519. The second-order valence-electron chi connectivity index (χ2n) is 13.7. The zero-order valence-corrected chi connectivity index (χ0v) is 28.7. The van der Waals surface area contributed by atoms with Crippen molar-refractivity contribution in [2.45, 2.75) is 43.6 Å². The average molecular weight is 663 g/mol. The Morgan fingerprint density at radius 3 is 1.84 bits per heavy atom. The van der Waals surface area contributed by atoms with Crippen LogP contribution in [-0.4, -0.2) is 36.9 Å². The van der Waals surface area contributed by atoms with E-state index in [4.69, 9.17) is 19.9 Å². The first-order valence-corrected chi connectivity index (χ1v) is 17.9. The second-order valence-corrected chi connectivity index (χ2v) is 13.7. The number of aromatic nitrogens is 5. The lowest BCUT2D eigenvalue weighted by Crippen LogP contribution is -2.30. The molecule has 0 spiro atoms. The summed E-state index contributed by atoms with van der Waals surface area (Å²) in [6.45, 7) is 0. The highest BCUT2D eigenvalue weighted by molar-refractivity contribution is 5.92. The minimum Gasteiger partial charge on any atom is -0.368 e.